The molecular weight excluding hydrogens is 252 g/mol. The SMILES string of the molecule is CNC(=O)Cn1cc(NCc2ccc(C)cc2C)cn1. The summed E-state index contributed by atoms with van der Waals surface area (Å²) >= 11 is 0. The first-order valence-electron chi connectivity index (χ1n) is 6.61. The molecule has 0 radical (unpaired) electrons. The lowest BCUT2D eigenvalue weighted by molar-refractivity contribution is -0.121. The number of hydrogen-bond donors (Lipinski definition) is 2. The summed E-state index contributed by atoms with van der Waals surface area (Å²) < 4.78 is 1.61. The molecule has 2 N–H and O–H groups in total. The van der Waals surface area contributed by atoms with Gasteiger partial charge >= 0.3 is 0 Å². The van der Waals surface area contributed by atoms with E-state index < -0.39 is 0 Å². The first-order valence-corrected chi connectivity index (χ1v) is 6.61. The topological polar surface area (TPSA) is 59.0 Å². The van der Waals surface area contributed by atoms with E-state index in [-0.39, 0.29) is 12.5 Å². The van der Waals surface area contributed by atoms with Crippen LogP contribution in [0.5, 0.6) is 0 Å². The molecule has 1 amide bonds. The number of likely N-dealkylation sites (N-methyl/N-ethyl adjacent to an activating group) is 1. The Bertz CT molecular complexity index is 604. The molecule has 1 aromatic heterocycles. The Labute approximate surface area is 119 Å². The summed E-state index contributed by atoms with van der Waals surface area (Å²) in [4.78, 5) is 11.3. The Morgan fingerprint density at radius 2 is 2.15 bits per heavy atom. The molecule has 0 atom stereocenters. The Balaban J connectivity index is 1.95. The second-order valence-electron chi connectivity index (χ2n) is 4.88. The molecule has 0 saturated heterocycles. The number of carbonyl (C=O) groups excluding carboxylic acids is 1. The van der Waals surface area contributed by atoms with Crippen LogP contribution in [0.3, 0.4) is 0 Å². The van der Waals surface area contributed by atoms with Crippen molar-refractivity contribution in [3.8, 4) is 0 Å². The quantitative estimate of drug-likeness (QED) is 0.873. The maximum absolute atomic E-state index is 11.3. The van der Waals surface area contributed by atoms with E-state index in [4.69, 9.17) is 0 Å². The molecule has 2 rings (SSSR count). The minimum absolute atomic E-state index is 0.0611. The van der Waals surface area contributed by atoms with Gasteiger partial charge in [0.15, 0.2) is 0 Å². The molecule has 2 aromatic rings. The number of aromatic nitrogens is 2. The van der Waals surface area contributed by atoms with E-state index in [1.807, 2.05) is 6.20 Å². The Morgan fingerprint density at radius 1 is 1.35 bits per heavy atom. The molecule has 0 bridgehead atoms. The third kappa shape index (κ3) is 3.60. The number of aryl methyl sites for hydroxylation is 2. The average Bonchev–Trinajstić information content (AvgIpc) is 2.85. The molecule has 5 nitrogen and oxygen atoms in total. The molecule has 0 aliphatic carbocycles. The maximum Gasteiger partial charge on any atom is 0.241 e. The summed E-state index contributed by atoms with van der Waals surface area (Å²) in [7, 11) is 1.62. The molecule has 1 heterocycles. The molecule has 0 unspecified atom stereocenters. The van der Waals surface area contributed by atoms with Crippen molar-refractivity contribution in [2.24, 2.45) is 0 Å². The minimum atomic E-state index is -0.0611. The molecule has 0 saturated carbocycles. The summed E-state index contributed by atoms with van der Waals surface area (Å²) in [5.74, 6) is -0.0611. The lowest BCUT2D eigenvalue weighted by Gasteiger charge is -2.08. The van der Waals surface area contributed by atoms with Gasteiger partial charge in [0.05, 0.1) is 11.9 Å². The van der Waals surface area contributed by atoms with Gasteiger partial charge in [0, 0.05) is 19.8 Å². The monoisotopic (exact) mass is 272 g/mol. The standard InChI is InChI=1S/C15H20N4O/c1-11-4-5-13(12(2)6-11)7-17-14-8-18-19(9-14)10-15(20)16-3/h4-6,8-9,17H,7,10H2,1-3H3,(H,16,20). The van der Waals surface area contributed by atoms with E-state index in [1.54, 1.807) is 17.9 Å². The van der Waals surface area contributed by atoms with Crippen LogP contribution in [0.2, 0.25) is 0 Å². The average molecular weight is 272 g/mol. The Kier molecular flexibility index (Phi) is 4.40. The third-order valence-corrected chi connectivity index (χ3v) is 3.20. The van der Waals surface area contributed by atoms with Crippen LogP contribution < -0.4 is 10.6 Å². The van der Waals surface area contributed by atoms with Crippen molar-refractivity contribution in [2.75, 3.05) is 12.4 Å². The van der Waals surface area contributed by atoms with Crippen LogP contribution in [0.4, 0.5) is 5.69 Å². The molecule has 0 aliphatic heterocycles. The molecule has 5 heteroatoms. The number of nitrogens with one attached hydrogen (secondary N) is 2. The van der Waals surface area contributed by atoms with E-state index in [2.05, 4.69) is 47.8 Å². The van der Waals surface area contributed by atoms with Crippen LogP contribution in [0.25, 0.3) is 0 Å². The van der Waals surface area contributed by atoms with E-state index in [0.29, 0.717) is 0 Å². The number of nitrogens with zero attached hydrogens (tertiary/aromatic N) is 2. The second-order valence-corrected chi connectivity index (χ2v) is 4.88. The zero-order chi connectivity index (χ0) is 14.5. The molecule has 0 aliphatic rings. The number of hydrogen-bond acceptors (Lipinski definition) is 3. The second kappa shape index (κ2) is 6.23. The number of anilines is 1. The van der Waals surface area contributed by atoms with Crippen LogP contribution >= 0.6 is 0 Å². The van der Waals surface area contributed by atoms with Gasteiger partial charge in [-0.05, 0) is 25.0 Å². The van der Waals surface area contributed by atoms with Gasteiger partial charge in [-0.25, -0.2) is 0 Å². The summed E-state index contributed by atoms with van der Waals surface area (Å²) in [5, 5.41) is 10.0. The van der Waals surface area contributed by atoms with Crippen molar-refractivity contribution in [2.45, 2.75) is 26.9 Å². The molecule has 1 aromatic carbocycles. The van der Waals surface area contributed by atoms with Gasteiger partial charge in [-0.15, -0.1) is 0 Å². The van der Waals surface area contributed by atoms with Crippen LogP contribution in [0.1, 0.15) is 16.7 Å². The molecule has 0 spiro atoms. The molecule has 20 heavy (non-hydrogen) atoms. The highest BCUT2D eigenvalue weighted by Crippen LogP contribution is 2.13. The van der Waals surface area contributed by atoms with Crippen LogP contribution in [-0.2, 0) is 17.9 Å². The highest BCUT2D eigenvalue weighted by atomic mass is 16.1. The number of amides is 1. The zero-order valence-corrected chi connectivity index (χ0v) is 12.1. The molecule has 0 fully saturated rings. The van der Waals surface area contributed by atoms with Crippen molar-refractivity contribution in [3.05, 3.63) is 47.3 Å². The van der Waals surface area contributed by atoms with Gasteiger partial charge in [0.25, 0.3) is 0 Å². The van der Waals surface area contributed by atoms with Crippen molar-refractivity contribution in [1.82, 2.24) is 15.1 Å². The fourth-order valence-corrected chi connectivity index (χ4v) is 2.01. The lowest BCUT2D eigenvalue weighted by atomic mass is 10.1. The first-order chi connectivity index (χ1) is 9.58. The summed E-state index contributed by atoms with van der Waals surface area (Å²) in [5.41, 5.74) is 4.71. The van der Waals surface area contributed by atoms with Gasteiger partial charge in [-0.2, -0.15) is 5.10 Å². The van der Waals surface area contributed by atoms with E-state index >= 15 is 0 Å². The highest BCUT2D eigenvalue weighted by molar-refractivity contribution is 5.75. The largest absolute Gasteiger partial charge is 0.378 e. The Hall–Kier alpha value is -2.30. The summed E-state index contributed by atoms with van der Waals surface area (Å²) in [6.07, 6.45) is 3.56. The van der Waals surface area contributed by atoms with E-state index in [1.165, 1.54) is 16.7 Å². The van der Waals surface area contributed by atoms with E-state index in [0.717, 1.165) is 12.2 Å². The van der Waals surface area contributed by atoms with Gasteiger partial charge in [-0.1, -0.05) is 23.8 Å². The van der Waals surface area contributed by atoms with Crippen LogP contribution in [-0.4, -0.2) is 22.7 Å². The van der Waals surface area contributed by atoms with Gasteiger partial charge in [0.1, 0.15) is 6.54 Å². The molecular formula is C15H20N4O. The molecule has 106 valence electrons. The number of carbonyl (C=O) groups is 1. The Morgan fingerprint density at radius 3 is 2.85 bits per heavy atom. The maximum atomic E-state index is 11.3. The minimum Gasteiger partial charge on any atom is -0.378 e. The van der Waals surface area contributed by atoms with Gasteiger partial charge < -0.3 is 10.6 Å². The van der Waals surface area contributed by atoms with Crippen molar-refractivity contribution in [3.63, 3.8) is 0 Å². The fraction of sp³-hybridized carbons (Fsp3) is 0.333. The lowest BCUT2D eigenvalue weighted by Crippen LogP contribution is -2.23. The number of benzene rings is 1. The van der Waals surface area contributed by atoms with Crippen molar-refractivity contribution in [1.29, 1.82) is 0 Å². The van der Waals surface area contributed by atoms with E-state index in [9.17, 15) is 4.79 Å². The highest BCUT2D eigenvalue weighted by Gasteiger charge is 2.03. The summed E-state index contributed by atoms with van der Waals surface area (Å²) in [6.45, 7) is 5.19. The zero-order valence-electron chi connectivity index (χ0n) is 12.1. The van der Waals surface area contributed by atoms with Gasteiger partial charge in [-0.3, -0.25) is 9.48 Å². The predicted octanol–water partition coefficient (Wildman–Crippen LogP) is 1.86. The number of rotatable bonds is 5. The van der Waals surface area contributed by atoms with Crippen LogP contribution in [0.15, 0.2) is 30.6 Å². The van der Waals surface area contributed by atoms with Crippen LogP contribution in [0, 0.1) is 13.8 Å². The smallest absolute Gasteiger partial charge is 0.241 e. The summed E-state index contributed by atoms with van der Waals surface area (Å²) in [6, 6.07) is 6.41. The first kappa shape index (κ1) is 14.1. The normalized spacial score (nSPS) is 10.3. The third-order valence-electron chi connectivity index (χ3n) is 3.20. The fourth-order valence-electron chi connectivity index (χ4n) is 2.01. The van der Waals surface area contributed by atoms with Crippen molar-refractivity contribution < 1.29 is 4.79 Å². The van der Waals surface area contributed by atoms with Gasteiger partial charge in [0.2, 0.25) is 5.91 Å². The van der Waals surface area contributed by atoms with Crippen molar-refractivity contribution >= 4 is 11.6 Å². The predicted molar refractivity (Wildman–Crippen MR) is 79.5 cm³/mol.